The highest BCUT2D eigenvalue weighted by Gasteiger charge is 2.32. The minimum Gasteiger partial charge on any atom is -0.493 e. The summed E-state index contributed by atoms with van der Waals surface area (Å²) in [5.74, 6) is 1.47. The Labute approximate surface area is 161 Å². The molecule has 1 N–H and O–H groups in total. The molecular formula is C23H29NO3. The van der Waals surface area contributed by atoms with Crippen molar-refractivity contribution in [1.82, 2.24) is 5.32 Å². The minimum absolute atomic E-state index is 0.0689. The van der Waals surface area contributed by atoms with Gasteiger partial charge in [-0.05, 0) is 47.4 Å². The number of fused-ring (bicyclic) bond motifs is 1. The van der Waals surface area contributed by atoms with Crippen molar-refractivity contribution in [3.63, 3.8) is 0 Å². The Morgan fingerprint density at radius 2 is 1.89 bits per heavy atom. The van der Waals surface area contributed by atoms with E-state index in [1.165, 1.54) is 11.1 Å². The summed E-state index contributed by atoms with van der Waals surface area (Å²) >= 11 is 0. The lowest BCUT2D eigenvalue weighted by Gasteiger charge is -2.37. The van der Waals surface area contributed by atoms with Crippen LogP contribution >= 0.6 is 0 Å². The van der Waals surface area contributed by atoms with Crippen molar-refractivity contribution in [2.24, 2.45) is 0 Å². The van der Waals surface area contributed by atoms with E-state index >= 15 is 0 Å². The Bertz CT molecular complexity index is 813. The molecule has 0 heterocycles. The number of benzene rings is 2. The third-order valence-electron chi connectivity index (χ3n) is 5.56. The summed E-state index contributed by atoms with van der Waals surface area (Å²) in [6.45, 7) is 4.55. The SMILES string of the molecule is COc1cccc(CCC(=O)NC2CCC(C)(C)c3ccccc32)c1OC. The van der Waals surface area contributed by atoms with Crippen LogP contribution in [0.25, 0.3) is 0 Å². The Balaban J connectivity index is 1.67. The molecule has 1 amide bonds. The molecule has 2 aromatic rings. The molecule has 0 bridgehead atoms. The second kappa shape index (κ2) is 8.03. The molecule has 27 heavy (non-hydrogen) atoms. The molecule has 0 radical (unpaired) electrons. The van der Waals surface area contributed by atoms with Crippen LogP contribution in [0, 0.1) is 0 Å². The average molecular weight is 367 g/mol. The molecule has 144 valence electrons. The second-order valence-electron chi connectivity index (χ2n) is 7.78. The van der Waals surface area contributed by atoms with E-state index in [9.17, 15) is 4.79 Å². The first kappa shape index (κ1) is 19.3. The lowest BCUT2D eigenvalue weighted by Crippen LogP contribution is -2.35. The molecule has 0 saturated carbocycles. The monoisotopic (exact) mass is 367 g/mol. The number of para-hydroxylation sites is 1. The van der Waals surface area contributed by atoms with Gasteiger partial charge in [0.05, 0.1) is 20.3 Å². The topological polar surface area (TPSA) is 47.6 Å². The number of hydrogen-bond acceptors (Lipinski definition) is 3. The fraction of sp³-hybridized carbons (Fsp3) is 0.435. The second-order valence-corrected chi connectivity index (χ2v) is 7.78. The number of carbonyl (C=O) groups is 1. The van der Waals surface area contributed by atoms with Gasteiger partial charge in [-0.15, -0.1) is 0 Å². The van der Waals surface area contributed by atoms with Gasteiger partial charge in [0.25, 0.3) is 0 Å². The molecule has 1 aliphatic carbocycles. The lowest BCUT2D eigenvalue weighted by molar-refractivity contribution is -0.122. The summed E-state index contributed by atoms with van der Waals surface area (Å²) in [4.78, 5) is 12.6. The maximum Gasteiger partial charge on any atom is 0.220 e. The molecule has 0 saturated heterocycles. The predicted molar refractivity (Wildman–Crippen MR) is 107 cm³/mol. The van der Waals surface area contributed by atoms with Gasteiger partial charge in [-0.1, -0.05) is 50.2 Å². The van der Waals surface area contributed by atoms with Gasteiger partial charge in [0.1, 0.15) is 0 Å². The summed E-state index contributed by atoms with van der Waals surface area (Å²) in [7, 11) is 3.25. The molecule has 4 heteroatoms. The molecule has 1 atom stereocenters. The van der Waals surface area contributed by atoms with Crippen LogP contribution < -0.4 is 14.8 Å². The fourth-order valence-corrected chi connectivity index (χ4v) is 4.03. The van der Waals surface area contributed by atoms with Crippen LogP contribution in [0.5, 0.6) is 11.5 Å². The minimum atomic E-state index is 0.0689. The quantitative estimate of drug-likeness (QED) is 0.814. The normalized spacial score (nSPS) is 17.7. The van der Waals surface area contributed by atoms with E-state index < -0.39 is 0 Å². The van der Waals surface area contributed by atoms with Crippen molar-refractivity contribution < 1.29 is 14.3 Å². The zero-order valence-electron chi connectivity index (χ0n) is 16.7. The van der Waals surface area contributed by atoms with Gasteiger partial charge >= 0.3 is 0 Å². The number of carbonyl (C=O) groups excluding carboxylic acids is 1. The van der Waals surface area contributed by atoms with Gasteiger partial charge in [0.2, 0.25) is 5.91 Å². The van der Waals surface area contributed by atoms with Gasteiger partial charge in [0.15, 0.2) is 11.5 Å². The van der Waals surface area contributed by atoms with Gasteiger partial charge < -0.3 is 14.8 Å². The molecule has 3 rings (SSSR count). The van der Waals surface area contributed by atoms with Crippen molar-refractivity contribution in [3.05, 3.63) is 59.2 Å². The van der Waals surface area contributed by atoms with Gasteiger partial charge in [0, 0.05) is 6.42 Å². The van der Waals surface area contributed by atoms with E-state index in [-0.39, 0.29) is 17.4 Å². The summed E-state index contributed by atoms with van der Waals surface area (Å²) in [5.41, 5.74) is 3.74. The van der Waals surface area contributed by atoms with Crippen molar-refractivity contribution in [3.8, 4) is 11.5 Å². The fourth-order valence-electron chi connectivity index (χ4n) is 4.03. The van der Waals surface area contributed by atoms with E-state index in [4.69, 9.17) is 9.47 Å². The summed E-state index contributed by atoms with van der Waals surface area (Å²) in [5, 5.41) is 3.24. The summed E-state index contributed by atoms with van der Waals surface area (Å²) in [6, 6.07) is 14.3. The molecular weight excluding hydrogens is 338 g/mol. The van der Waals surface area contributed by atoms with Gasteiger partial charge in [-0.3, -0.25) is 4.79 Å². The van der Waals surface area contributed by atoms with Gasteiger partial charge in [-0.2, -0.15) is 0 Å². The number of methoxy groups -OCH3 is 2. The van der Waals surface area contributed by atoms with Crippen LogP contribution in [0.15, 0.2) is 42.5 Å². The predicted octanol–water partition coefficient (Wildman–Crippen LogP) is 4.57. The van der Waals surface area contributed by atoms with Crippen LogP contribution in [0.2, 0.25) is 0 Å². The Morgan fingerprint density at radius 3 is 2.63 bits per heavy atom. The highest BCUT2D eigenvalue weighted by atomic mass is 16.5. The average Bonchev–Trinajstić information content (AvgIpc) is 2.68. The summed E-state index contributed by atoms with van der Waals surface area (Å²) in [6.07, 6.45) is 3.08. The van der Waals surface area contributed by atoms with Crippen molar-refractivity contribution >= 4 is 5.91 Å². The van der Waals surface area contributed by atoms with E-state index in [1.54, 1.807) is 14.2 Å². The first-order valence-corrected chi connectivity index (χ1v) is 9.55. The van der Waals surface area contributed by atoms with E-state index in [1.807, 2.05) is 18.2 Å². The first-order valence-electron chi connectivity index (χ1n) is 9.55. The van der Waals surface area contributed by atoms with Crippen LogP contribution in [0.3, 0.4) is 0 Å². The number of aryl methyl sites for hydroxylation is 1. The van der Waals surface area contributed by atoms with E-state index in [0.717, 1.165) is 18.4 Å². The lowest BCUT2D eigenvalue weighted by atomic mass is 9.71. The Kier molecular flexibility index (Phi) is 5.73. The van der Waals surface area contributed by atoms with Crippen molar-refractivity contribution in [1.29, 1.82) is 0 Å². The zero-order chi connectivity index (χ0) is 19.4. The molecule has 0 aromatic heterocycles. The molecule has 4 nitrogen and oxygen atoms in total. The van der Waals surface area contributed by atoms with Crippen LogP contribution in [0.1, 0.15) is 55.8 Å². The number of hydrogen-bond donors (Lipinski definition) is 1. The molecule has 0 fully saturated rings. The van der Waals surface area contributed by atoms with E-state index in [0.29, 0.717) is 24.3 Å². The van der Waals surface area contributed by atoms with Gasteiger partial charge in [-0.25, -0.2) is 0 Å². The largest absolute Gasteiger partial charge is 0.493 e. The number of nitrogens with one attached hydrogen (secondary N) is 1. The molecule has 1 unspecified atom stereocenters. The third kappa shape index (κ3) is 4.10. The Hall–Kier alpha value is -2.49. The number of rotatable bonds is 6. The van der Waals surface area contributed by atoms with Crippen molar-refractivity contribution in [2.45, 2.75) is 51.0 Å². The number of amides is 1. The highest BCUT2D eigenvalue weighted by Crippen LogP contribution is 2.41. The van der Waals surface area contributed by atoms with Crippen LogP contribution in [-0.4, -0.2) is 20.1 Å². The maximum atomic E-state index is 12.6. The molecule has 0 aliphatic heterocycles. The number of ether oxygens (including phenoxy) is 2. The third-order valence-corrected chi connectivity index (χ3v) is 5.56. The standard InChI is InChI=1S/C23H29NO3/c1-23(2)15-14-19(17-9-5-6-10-18(17)23)24-21(25)13-12-16-8-7-11-20(26-3)22(16)27-4/h5-11,19H,12-15H2,1-4H3,(H,24,25). The van der Waals surface area contributed by atoms with Crippen molar-refractivity contribution in [2.75, 3.05) is 14.2 Å². The molecule has 1 aliphatic rings. The van der Waals surface area contributed by atoms with Crippen LogP contribution in [-0.2, 0) is 16.6 Å². The smallest absolute Gasteiger partial charge is 0.220 e. The maximum absolute atomic E-state index is 12.6. The zero-order valence-corrected chi connectivity index (χ0v) is 16.7. The Morgan fingerprint density at radius 1 is 1.11 bits per heavy atom. The summed E-state index contributed by atoms with van der Waals surface area (Å²) < 4.78 is 10.8. The molecule has 0 spiro atoms. The molecule has 2 aromatic carbocycles. The van der Waals surface area contributed by atoms with Crippen LogP contribution in [0.4, 0.5) is 0 Å². The van der Waals surface area contributed by atoms with E-state index in [2.05, 4.69) is 43.4 Å². The first-order chi connectivity index (χ1) is 13.0. The highest BCUT2D eigenvalue weighted by molar-refractivity contribution is 5.77.